The molecule has 9 rings (SSSR count). The van der Waals surface area contributed by atoms with Crippen molar-refractivity contribution in [1.29, 1.82) is 0 Å². The van der Waals surface area contributed by atoms with Crippen molar-refractivity contribution in [3.05, 3.63) is 138 Å². The van der Waals surface area contributed by atoms with Gasteiger partial charge < -0.3 is 15.0 Å². The number of nitrogens with zero attached hydrogens (tertiary/aromatic N) is 2. The third-order valence-electron chi connectivity index (χ3n) is 9.02. The Balaban J connectivity index is 1.39. The van der Waals surface area contributed by atoms with Crippen molar-refractivity contribution in [3.63, 3.8) is 0 Å². The number of ether oxygens (including phenoxy) is 1. The predicted octanol–water partition coefficient (Wildman–Crippen LogP) is 8.34. The maximum atomic E-state index is 7.89. The Morgan fingerprint density at radius 2 is 1.42 bits per heavy atom. The van der Waals surface area contributed by atoms with E-state index in [2.05, 4.69) is 107 Å². The highest BCUT2D eigenvalue weighted by Gasteiger charge is 2.44. The van der Waals surface area contributed by atoms with Gasteiger partial charge in [0.25, 0.3) is 6.71 Å². The molecule has 0 radical (unpaired) electrons. The second kappa shape index (κ2) is 8.89. The lowest BCUT2D eigenvalue weighted by Gasteiger charge is -2.44. The van der Waals surface area contributed by atoms with Crippen molar-refractivity contribution < 1.29 is 4.74 Å². The predicted molar refractivity (Wildman–Crippen MR) is 177 cm³/mol. The summed E-state index contributed by atoms with van der Waals surface area (Å²) in [5.74, 6) is 1.68. The molecule has 6 aromatic carbocycles. The lowest BCUT2D eigenvalue weighted by Crippen LogP contribution is -2.60. The molecule has 0 amide bonds. The molecule has 1 N–H and O–H groups in total. The quantitative estimate of drug-likeness (QED) is 0.174. The molecule has 0 bridgehead atoms. The number of anilines is 5. The lowest BCUT2D eigenvalue weighted by atomic mass is 9.33. The summed E-state index contributed by atoms with van der Waals surface area (Å²) < 4.78 is 6.53. The Labute approximate surface area is 250 Å². The van der Waals surface area contributed by atoms with E-state index in [9.17, 15) is 0 Å². The molecule has 43 heavy (non-hydrogen) atoms. The number of para-hydroxylation sites is 5. The average Bonchev–Trinajstić information content (AvgIpc) is 3.05. The van der Waals surface area contributed by atoms with Gasteiger partial charge >= 0.3 is 0 Å². The third kappa shape index (κ3) is 3.32. The number of fused-ring (bicyclic) bond motifs is 6. The molecule has 0 atom stereocenters. The number of hydrogen-bond donors (Lipinski definition) is 1. The fraction of sp³-hybridized carbons (Fsp3) is 0.0263. The van der Waals surface area contributed by atoms with Gasteiger partial charge in [-0.1, -0.05) is 91.0 Å². The smallest absolute Gasteiger partial charge is 0.252 e. The van der Waals surface area contributed by atoms with Crippen molar-refractivity contribution in [1.82, 2.24) is 0 Å². The van der Waals surface area contributed by atoms with E-state index in [0.29, 0.717) is 5.69 Å². The second-order valence-electron chi connectivity index (χ2n) is 11.3. The SMILES string of the molecule is [C-]#[N+]c1ccccc1-c1cc2c3c(c1)N1c4ccccc4Oc4cccc(c41)B3c1cccc(-c3ccccc3C)c1N2. The van der Waals surface area contributed by atoms with Crippen LogP contribution in [0.15, 0.2) is 121 Å². The molecule has 4 nitrogen and oxygen atoms in total. The molecule has 0 aliphatic carbocycles. The van der Waals surface area contributed by atoms with Crippen LogP contribution in [0.25, 0.3) is 27.1 Å². The summed E-state index contributed by atoms with van der Waals surface area (Å²) in [6, 6.07) is 42.3. The summed E-state index contributed by atoms with van der Waals surface area (Å²) in [4.78, 5) is 6.24. The fourth-order valence-corrected chi connectivity index (χ4v) is 7.17. The molecule has 5 heteroatoms. The van der Waals surface area contributed by atoms with E-state index in [0.717, 1.165) is 51.1 Å². The minimum atomic E-state index is 0.00966. The number of aryl methyl sites for hydroxylation is 1. The Morgan fingerprint density at radius 3 is 2.30 bits per heavy atom. The molecule has 6 aromatic rings. The van der Waals surface area contributed by atoms with Gasteiger partial charge in [0.15, 0.2) is 17.2 Å². The van der Waals surface area contributed by atoms with E-state index in [-0.39, 0.29) is 6.71 Å². The number of hydrogen-bond acceptors (Lipinski definition) is 3. The number of rotatable bonds is 2. The first-order chi connectivity index (χ1) is 21.2. The zero-order chi connectivity index (χ0) is 28.7. The van der Waals surface area contributed by atoms with Gasteiger partial charge in [0.1, 0.15) is 0 Å². The summed E-state index contributed by atoms with van der Waals surface area (Å²) in [5.41, 5.74) is 15.3. The fourth-order valence-electron chi connectivity index (χ4n) is 7.17. The van der Waals surface area contributed by atoms with Crippen LogP contribution in [0.3, 0.4) is 0 Å². The highest BCUT2D eigenvalue weighted by atomic mass is 16.5. The molecule has 0 saturated heterocycles. The van der Waals surface area contributed by atoms with Gasteiger partial charge in [-0.25, -0.2) is 4.85 Å². The highest BCUT2D eigenvalue weighted by molar-refractivity contribution is 7.00. The molecule has 0 fully saturated rings. The Bertz CT molecular complexity index is 2200. The van der Waals surface area contributed by atoms with Gasteiger partial charge in [-0.15, -0.1) is 0 Å². The first-order valence-electron chi connectivity index (χ1n) is 14.5. The largest absolute Gasteiger partial charge is 0.453 e. The van der Waals surface area contributed by atoms with Crippen molar-refractivity contribution in [2.75, 3.05) is 10.2 Å². The topological polar surface area (TPSA) is 28.9 Å². The van der Waals surface area contributed by atoms with Gasteiger partial charge in [0.2, 0.25) is 0 Å². The second-order valence-corrected chi connectivity index (χ2v) is 11.3. The van der Waals surface area contributed by atoms with Crippen LogP contribution in [0.2, 0.25) is 0 Å². The van der Waals surface area contributed by atoms with Crippen LogP contribution in [0, 0.1) is 13.5 Å². The Kier molecular flexibility index (Phi) is 4.94. The van der Waals surface area contributed by atoms with Gasteiger partial charge in [-0.3, -0.25) is 0 Å². The summed E-state index contributed by atoms with van der Waals surface area (Å²) >= 11 is 0. The molecule has 200 valence electrons. The first kappa shape index (κ1) is 23.9. The van der Waals surface area contributed by atoms with Crippen LogP contribution in [-0.4, -0.2) is 6.71 Å². The standard InChI is InChI=1S/C38H24BN3O/c1-23-11-3-4-12-25(23)27-14-9-15-28-37(27)41-31-21-24(26-13-5-6-17-30(26)40-2)22-33-36(31)39(28)29-16-10-20-35-38(29)42(33)32-18-7-8-19-34(32)43-35/h3-22,41H,1H3. The van der Waals surface area contributed by atoms with Crippen LogP contribution in [0.1, 0.15) is 5.56 Å². The zero-order valence-corrected chi connectivity index (χ0v) is 23.4. The molecule has 0 spiro atoms. The van der Waals surface area contributed by atoms with E-state index >= 15 is 0 Å². The van der Waals surface area contributed by atoms with Crippen LogP contribution >= 0.6 is 0 Å². The number of benzene rings is 6. The van der Waals surface area contributed by atoms with Crippen molar-refractivity contribution in [2.45, 2.75) is 6.92 Å². The molecular formula is C38H24BN3O. The Morgan fingerprint density at radius 1 is 0.698 bits per heavy atom. The summed E-state index contributed by atoms with van der Waals surface area (Å²) in [5, 5.41) is 3.92. The highest BCUT2D eigenvalue weighted by Crippen LogP contribution is 2.52. The van der Waals surface area contributed by atoms with Gasteiger partial charge in [-0.2, -0.15) is 0 Å². The van der Waals surface area contributed by atoms with Crippen molar-refractivity contribution in [3.8, 4) is 33.8 Å². The molecule has 3 aliphatic rings. The van der Waals surface area contributed by atoms with Crippen LogP contribution < -0.4 is 31.3 Å². The average molecular weight is 549 g/mol. The van der Waals surface area contributed by atoms with Gasteiger partial charge in [-0.05, 0) is 75.9 Å². The molecule has 0 aromatic heterocycles. The van der Waals surface area contributed by atoms with E-state index in [1.807, 2.05) is 36.4 Å². The lowest BCUT2D eigenvalue weighted by molar-refractivity contribution is 0.477. The minimum absolute atomic E-state index is 0.00966. The monoisotopic (exact) mass is 549 g/mol. The molecular weight excluding hydrogens is 525 g/mol. The van der Waals surface area contributed by atoms with E-state index in [4.69, 9.17) is 11.3 Å². The van der Waals surface area contributed by atoms with Gasteiger partial charge in [0.05, 0.1) is 17.9 Å². The summed E-state index contributed by atoms with van der Waals surface area (Å²) in [6.45, 7) is 10.1. The molecule has 3 aliphatic heterocycles. The normalized spacial score (nSPS) is 13.0. The maximum Gasteiger partial charge on any atom is 0.252 e. The molecule has 0 unspecified atom stereocenters. The molecule has 0 saturated carbocycles. The van der Waals surface area contributed by atoms with Crippen molar-refractivity contribution in [2.24, 2.45) is 0 Å². The van der Waals surface area contributed by atoms with Crippen LogP contribution in [0.4, 0.5) is 34.1 Å². The van der Waals surface area contributed by atoms with Crippen LogP contribution in [0.5, 0.6) is 11.5 Å². The van der Waals surface area contributed by atoms with Crippen LogP contribution in [-0.2, 0) is 0 Å². The van der Waals surface area contributed by atoms with E-state index < -0.39 is 0 Å². The maximum absolute atomic E-state index is 7.89. The van der Waals surface area contributed by atoms with Gasteiger partial charge in [0, 0.05) is 22.6 Å². The van der Waals surface area contributed by atoms with E-state index in [1.54, 1.807) is 0 Å². The first-order valence-corrected chi connectivity index (χ1v) is 14.5. The Hall–Kier alpha value is -5.73. The summed E-state index contributed by atoms with van der Waals surface area (Å²) in [7, 11) is 0. The summed E-state index contributed by atoms with van der Waals surface area (Å²) in [6.07, 6.45) is 0. The third-order valence-corrected chi connectivity index (χ3v) is 9.02. The van der Waals surface area contributed by atoms with E-state index in [1.165, 1.54) is 33.1 Å². The molecule has 3 heterocycles. The minimum Gasteiger partial charge on any atom is -0.453 e. The van der Waals surface area contributed by atoms with Crippen molar-refractivity contribution >= 4 is 57.2 Å². The number of nitrogens with one attached hydrogen (secondary N) is 1. The zero-order valence-electron chi connectivity index (χ0n) is 23.4.